The molecule has 1 unspecified atom stereocenters. The van der Waals surface area contributed by atoms with Gasteiger partial charge in [-0.3, -0.25) is 14.3 Å². The number of carbonyl (C=O) groups excluding carboxylic acids is 1. The summed E-state index contributed by atoms with van der Waals surface area (Å²) in [6, 6.07) is 16.5. The molecule has 1 aliphatic heterocycles. The van der Waals surface area contributed by atoms with E-state index in [4.69, 9.17) is 15.7 Å². The molecular weight excluding hydrogens is 522 g/mol. The molecule has 216 valence electrons. The van der Waals surface area contributed by atoms with Crippen LogP contribution in [0.25, 0.3) is 28.2 Å². The maximum atomic E-state index is 12.0. The lowest BCUT2D eigenvalue weighted by atomic mass is 9.97. The fraction of sp³-hybridized carbons (Fsp3) is 0.294. The molecule has 3 aromatic heterocycles. The molecule has 8 nitrogen and oxygen atoms in total. The van der Waals surface area contributed by atoms with Gasteiger partial charge in [0, 0.05) is 50.5 Å². The van der Waals surface area contributed by atoms with E-state index in [-0.39, 0.29) is 11.8 Å². The average Bonchev–Trinajstić information content (AvgIpc) is 3.26. The lowest BCUT2D eigenvalue weighted by Crippen LogP contribution is -2.33. The number of allylic oxidation sites excluding steroid dienone is 4. The molecular formula is C34H39N7O. The van der Waals surface area contributed by atoms with Gasteiger partial charge in [0.25, 0.3) is 0 Å². The first-order valence-corrected chi connectivity index (χ1v) is 14.8. The predicted octanol–water partition coefficient (Wildman–Crippen LogP) is 5.91. The summed E-state index contributed by atoms with van der Waals surface area (Å²) in [7, 11) is 0. The van der Waals surface area contributed by atoms with Crippen LogP contribution in [0.15, 0.2) is 91.7 Å². The second-order valence-electron chi connectivity index (χ2n) is 10.3. The van der Waals surface area contributed by atoms with Crippen molar-refractivity contribution in [3.05, 3.63) is 103 Å². The van der Waals surface area contributed by atoms with Crippen LogP contribution in [0.3, 0.4) is 0 Å². The van der Waals surface area contributed by atoms with E-state index < -0.39 is 0 Å². The van der Waals surface area contributed by atoms with E-state index in [1.54, 1.807) is 6.20 Å². The molecule has 1 aromatic carbocycles. The first kappa shape index (κ1) is 29.0. The van der Waals surface area contributed by atoms with Crippen LogP contribution in [0.4, 0.5) is 5.82 Å². The van der Waals surface area contributed by atoms with Gasteiger partial charge in [0.15, 0.2) is 11.5 Å². The van der Waals surface area contributed by atoms with E-state index in [0.29, 0.717) is 5.82 Å². The van der Waals surface area contributed by atoms with Crippen LogP contribution in [0.5, 0.6) is 0 Å². The molecule has 0 spiro atoms. The third-order valence-electron chi connectivity index (χ3n) is 7.64. The maximum absolute atomic E-state index is 12.0. The quantitative estimate of drug-likeness (QED) is 0.294. The number of hydrogen-bond donors (Lipinski definition) is 1. The minimum Gasteiger partial charge on any atom is -0.383 e. The minimum atomic E-state index is 0.0107. The summed E-state index contributed by atoms with van der Waals surface area (Å²) >= 11 is 0. The van der Waals surface area contributed by atoms with Gasteiger partial charge in [-0.25, -0.2) is 15.0 Å². The normalized spacial score (nSPS) is 17.0. The van der Waals surface area contributed by atoms with Crippen molar-refractivity contribution >= 4 is 22.9 Å². The zero-order valence-corrected chi connectivity index (χ0v) is 24.5. The van der Waals surface area contributed by atoms with Gasteiger partial charge < -0.3 is 10.6 Å². The Kier molecular flexibility index (Phi) is 9.24. The first-order chi connectivity index (χ1) is 20.6. The molecule has 0 saturated carbocycles. The number of pyridine rings is 2. The maximum Gasteiger partial charge on any atom is 0.245 e. The summed E-state index contributed by atoms with van der Waals surface area (Å²) in [5.74, 6) is 1.40. The molecule has 0 bridgehead atoms. The minimum absolute atomic E-state index is 0.0107. The molecule has 4 aromatic rings. The summed E-state index contributed by atoms with van der Waals surface area (Å²) < 4.78 is 2.09. The highest BCUT2D eigenvalue weighted by atomic mass is 16.2. The smallest absolute Gasteiger partial charge is 0.245 e. The molecule has 1 fully saturated rings. The zero-order chi connectivity index (χ0) is 29.5. The molecule has 1 atom stereocenters. The Labute approximate surface area is 247 Å². The highest BCUT2D eigenvalue weighted by Gasteiger charge is 2.21. The number of carbonyl (C=O) groups is 1. The Hall–Kier alpha value is -4.56. The molecule has 1 aliphatic carbocycles. The van der Waals surface area contributed by atoms with Crippen molar-refractivity contribution in [2.75, 3.05) is 31.9 Å². The predicted molar refractivity (Wildman–Crippen MR) is 170 cm³/mol. The summed E-state index contributed by atoms with van der Waals surface area (Å²) in [6.45, 7) is 11.7. The molecule has 1 amide bonds. The monoisotopic (exact) mass is 561 g/mol. The summed E-state index contributed by atoms with van der Waals surface area (Å²) in [4.78, 5) is 30.7. The molecule has 1 saturated heterocycles. The van der Waals surface area contributed by atoms with Crippen molar-refractivity contribution in [1.29, 1.82) is 0 Å². The van der Waals surface area contributed by atoms with Gasteiger partial charge in [-0.05, 0) is 60.9 Å². The topological polar surface area (TPSA) is 93.2 Å². The average molecular weight is 562 g/mol. The lowest BCUT2D eigenvalue weighted by Gasteiger charge is -2.21. The second-order valence-corrected chi connectivity index (χ2v) is 10.3. The SMILES string of the molecule is C=CC(=O)N1CCCN(Cc2ccc(-n3c(-c4cccnc4N)nc4ccc(C5C=CC=CC5)nc43)cc2)CC1.CC. The van der Waals surface area contributed by atoms with Gasteiger partial charge in [-0.15, -0.1) is 0 Å². The van der Waals surface area contributed by atoms with Crippen molar-refractivity contribution in [2.24, 2.45) is 0 Å². The van der Waals surface area contributed by atoms with Crippen molar-refractivity contribution in [3.8, 4) is 17.1 Å². The van der Waals surface area contributed by atoms with Gasteiger partial charge >= 0.3 is 0 Å². The van der Waals surface area contributed by atoms with Crippen LogP contribution >= 0.6 is 0 Å². The molecule has 2 aliphatic rings. The third kappa shape index (κ3) is 6.19. The largest absolute Gasteiger partial charge is 0.383 e. The van der Waals surface area contributed by atoms with Crippen LogP contribution in [-0.4, -0.2) is 61.4 Å². The lowest BCUT2D eigenvalue weighted by molar-refractivity contribution is -0.125. The van der Waals surface area contributed by atoms with Crippen molar-refractivity contribution in [3.63, 3.8) is 0 Å². The molecule has 6 rings (SSSR count). The Bertz CT molecular complexity index is 1600. The standard InChI is InChI=1S/C32H33N7O.C2H6/c1-2-29(40)38-19-7-18-37(20-21-38)22-23-11-13-25(14-12-23)39-31(26-10-6-17-34-30(26)33)36-28-16-15-27(35-32(28)39)24-8-4-3-5-9-24;1-2/h2-6,8,10-17,24H,1,7,9,18-22H2,(H2,33,34);1-2H3. The molecule has 0 radical (unpaired) electrons. The fourth-order valence-electron chi connectivity index (χ4n) is 5.50. The van der Waals surface area contributed by atoms with E-state index in [0.717, 1.165) is 79.5 Å². The van der Waals surface area contributed by atoms with Gasteiger partial charge in [-0.1, -0.05) is 56.9 Å². The van der Waals surface area contributed by atoms with Crippen LogP contribution in [-0.2, 0) is 11.3 Å². The molecule has 4 heterocycles. The van der Waals surface area contributed by atoms with Crippen LogP contribution in [0.2, 0.25) is 0 Å². The first-order valence-electron chi connectivity index (χ1n) is 14.8. The molecule has 2 N–H and O–H groups in total. The number of anilines is 1. The Morgan fingerprint density at radius 2 is 1.86 bits per heavy atom. The van der Waals surface area contributed by atoms with E-state index >= 15 is 0 Å². The van der Waals surface area contributed by atoms with Gasteiger partial charge in [0.2, 0.25) is 5.91 Å². The number of aromatic nitrogens is 4. The van der Waals surface area contributed by atoms with E-state index in [1.165, 1.54) is 11.6 Å². The third-order valence-corrected chi connectivity index (χ3v) is 7.64. The Balaban J connectivity index is 0.00000173. The Morgan fingerprint density at radius 1 is 1.02 bits per heavy atom. The number of benzene rings is 1. The Morgan fingerprint density at radius 3 is 2.60 bits per heavy atom. The van der Waals surface area contributed by atoms with Crippen molar-refractivity contribution < 1.29 is 4.79 Å². The van der Waals surface area contributed by atoms with E-state index in [2.05, 4.69) is 75.7 Å². The number of nitrogens with two attached hydrogens (primary N) is 1. The number of imidazole rings is 1. The highest BCUT2D eigenvalue weighted by molar-refractivity contribution is 5.87. The summed E-state index contributed by atoms with van der Waals surface area (Å²) in [6.07, 6.45) is 13.5. The summed E-state index contributed by atoms with van der Waals surface area (Å²) in [5, 5.41) is 0. The van der Waals surface area contributed by atoms with E-state index in [1.807, 2.05) is 36.9 Å². The van der Waals surface area contributed by atoms with E-state index in [9.17, 15) is 4.79 Å². The number of nitrogens with zero attached hydrogens (tertiary/aromatic N) is 6. The second kappa shape index (κ2) is 13.4. The number of fused-ring (bicyclic) bond motifs is 1. The highest BCUT2D eigenvalue weighted by Crippen LogP contribution is 2.32. The van der Waals surface area contributed by atoms with Crippen LogP contribution < -0.4 is 5.73 Å². The number of rotatable bonds is 6. The van der Waals surface area contributed by atoms with Crippen molar-refractivity contribution in [1.82, 2.24) is 29.3 Å². The fourth-order valence-corrected chi connectivity index (χ4v) is 5.50. The van der Waals surface area contributed by atoms with Gasteiger partial charge in [-0.2, -0.15) is 0 Å². The number of hydrogen-bond acceptors (Lipinski definition) is 6. The summed E-state index contributed by atoms with van der Waals surface area (Å²) in [5.41, 5.74) is 11.9. The number of nitrogen functional groups attached to an aromatic ring is 1. The molecule has 42 heavy (non-hydrogen) atoms. The van der Waals surface area contributed by atoms with Gasteiger partial charge in [0.05, 0.1) is 11.3 Å². The number of amides is 1. The van der Waals surface area contributed by atoms with Crippen LogP contribution in [0, 0.1) is 0 Å². The zero-order valence-electron chi connectivity index (χ0n) is 24.5. The van der Waals surface area contributed by atoms with Crippen LogP contribution in [0.1, 0.15) is 43.9 Å². The molecule has 8 heteroatoms. The van der Waals surface area contributed by atoms with Gasteiger partial charge in [0.1, 0.15) is 11.3 Å². The van der Waals surface area contributed by atoms with Crippen molar-refractivity contribution in [2.45, 2.75) is 39.2 Å².